The Morgan fingerprint density at radius 3 is 1.59 bits per heavy atom. The minimum atomic E-state index is -4.38. The molecule has 312 valence electrons. The monoisotopic (exact) mass is 781 g/mol. The van der Waals surface area contributed by atoms with E-state index in [1.165, 1.54) is 32.1 Å². The number of nitrogens with zero attached hydrogens (tertiary/aromatic N) is 1. The van der Waals surface area contributed by atoms with Crippen molar-refractivity contribution >= 4 is 19.8 Å². The lowest BCUT2D eigenvalue weighted by molar-refractivity contribution is -0.870. The average Bonchev–Trinajstić information content (AvgIpc) is 3.12. The smallest absolute Gasteiger partial charge is 0.462 e. The van der Waals surface area contributed by atoms with Gasteiger partial charge in [-0.2, -0.15) is 0 Å². The number of likely N-dealkylation sites (N-methyl/N-ethyl adjacent to an activating group) is 1. The number of unbranched alkanes of at least 4 members (excludes halogenated alkanes) is 13. The molecule has 0 aliphatic rings. The summed E-state index contributed by atoms with van der Waals surface area (Å²) in [5.74, 6) is -0.842. The number of rotatable bonds is 37. The zero-order chi connectivity index (χ0) is 40.0. The predicted molar refractivity (Wildman–Crippen MR) is 224 cm³/mol. The highest BCUT2D eigenvalue weighted by Crippen LogP contribution is 2.43. The van der Waals surface area contributed by atoms with Gasteiger partial charge in [0.2, 0.25) is 0 Å². The number of quaternary nitrogens is 1. The highest BCUT2D eigenvalue weighted by Gasteiger charge is 2.27. The molecule has 9 nitrogen and oxygen atoms in total. The molecule has 0 aliphatic heterocycles. The van der Waals surface area contributed by atoms with E-state index >= 15 is 0 Å². The molecule has 54 heavy (non-hydrogen) atoms. The summed E-state index contributed by atoms with van der Waals surface area (Å²) < 4.78 is 34.2. The summed E-state index contributed by atoms with van der Waals surface area (Å²) in [6.45, 7) is 4.23. The normalized spacial score (nSPS) is 14.3. The lowest BCUT2D eigenvalue weighted by atomic mass is 10.1. The van der Waals surface area contributed by atoms with Crippen molar-refractivity contribution in [1.82, 2.24) is 0 Å². The van der Waals surface area contributed by atoms with E-state index in [2.05, 4.69) is 74.6 Å². The molecule has 0 spiro atoms. The molecular formula is C44H79NO8P+. The van der Waals surface area contributed by atoms with Crippen LogP contribution in [0.15, 0.2) is 60.8 Å². The van der Waals surface area contributed by atoms with Gasteiger partial charge in [-0.3, -0.25) is 18.6 Å². The number of hydrogen-bond acceptors (Lipinski definition) is 7. The van der Waals surface area contributed by atoms with E-state index in [0.29, 0.717) is 17.4 Å². The molecule has 0 heterocycles. The number of phosphoric acid groups is 1. The van der Waals surface area contributed by atoms with Crippen molar-refractivity contribution in [3.05, 3.63) is 60.8 Å². The number of hydrogen-bond donors (Lipinski definition) is 1. The first-order chi connectivity index (χ1) is 26.0. The minimum absolute atomic E-state index is 0.0226. The largest absolute Gasteiger partial charge is 0.472 e. The van der Waals surface area contributed by atoms with E-state index in [9.17, 15) is 19.0 Å². The first-order valence-corrected chi connectivity index (χ1v) is 22.5. The van der Waals surface area contributed by atoms with Gasteiger partial charge in [0.1, 0.15) is 19.8 Å². The number of esters is 2. The van der Waals surface area contributed by atoms with E-state index in [1.54, 1.807) is 0 Å². The minimum Gasteiger partial charge on any atom is -0.462 e. The number of ether oxygens (including phenoxy) is 2. The third-order valence-electron chi connectivity index (χ3n) is 8.53. The van der Waals surface area contributed by atoms with E-state index in [4.69, 9.17) is 18.5 Å². The molecule has 0 fully saturated rings. The van der Waals surface area contributed by atoms with E-state index in [1.807, 2.05) is 21.1 Å². The van der Waals surface area contributed by atoms with Gasteiger partial charge in [-0.05, 0) is 77.0 Å². The van der Waals surface area contributed by atoms with Crippen LogP contribution in [0.4, 0.5) is 0 Å². The molecule has 0 radical (unpaired) electrons. The Labute approximate surface area is 330 Å². The van der Waals surface area contributed by atoms with Gasteiger partial charge in [-0.1, -0.05) is 126 Å². The van der Waals surface area contributed by atoms with Gasteiger partial charge >= 0.3 is 19.8 Å². The van der Waals surface area contributed by atoms with Crippen molar-refractivity contribution in [2.45, 2.75) is 161 Å². The lowest BCUT2D eigenvalue weighted by Gasteiger charge is -2.24. The SMILES string of the molecule is CC/C=C\C/C=C\C/C=C\C/C=C\CCCCCCC(=O)O[C@H](COC(=O)CCCCCCC/C=C\CCCCCC)COP(=O)(O)OCC[N+](C)(C)C. The Morgan fingerprint density at radius 2 is 1.06 bits per heavy atom. The van der Waals surface area contributed by atoms with Crippen molar-refractivity contribution in [2.75, 3.05) is 47.5 Å². The molecule has 1 N–H and O–H groups in total. The molecule has 2 atom stereocenters. The number of allylic oxidation sites excluding steroid dienone is 10. The standard InChI is InChI=1S/C44H78NO8P/c1-6-8-10-12-14-16-18-20-21-22-23-25-27-29-31-33-35-37-44(47)53-42(41-52-54(48,49)51-39-38-45(3,4)5)40-50-43(46)36-34-32-30-28-26-24-19-17-15-13-11-9-7-2/h8,10,14,16-17,19-21,23,25,42H,6-7,9,11-13,15,18,22,24,26-41H2,1-5H3/p+1/b10-8-,16-14-,19-17-,21-20-,25-23-/t42-/m1/s1. The van der Waals surface area contributed by atoms with Gasteiger partial charge in [0.15, 0.2) is 6.10 Å². The average molecular weight is 781 g/mol. The molecule has 0 bridgehead atoms. The summed E-state index contributed by atoms with van der Waals surface area (Å²) in [6, 6.07) is 0. The van der Waals surface area contributed by atoms with E-state index in [0.717, 1.165) is 89.9 Å². The van der Waals surface area contributed by atoms with Gasteiger partial charge in [-0.15, -0.1) is 0 Å². The molecule has 0 aromatic rings. The first-order valence-electron chi connectivity index (χ1n) is 21.0. The van der Waals surface area contributed by atoms with Gasteiger partial charge < -0.3 is 18.9 Å². The van der Waals surface area contributed by atoms with Crippen LogP contribution in [0.2, 0.25) is 0 Å². The molecule has 0 aliphatic carbocycles. The molecule has 1 unspecified atom stereocenters. The molecule has 0 rings (SSSR count). The summed E-state index contributed by atoms with van der Waals surface area (Å²) in [7, 11) is 1.44. The van der Waals surface area contributed by atoms with E-state index in [-0.39, 0.29) is 32.0 Å². The summed E-state index contributed by atoms with van der Waals surface area (Å²) in [5, 5.41) is 0. The van der Waals surface area contributed by atoms with Crippen molar-refractivity contribution in [3.8, 4) is 0 Å². The summed E-state index contributed by atoms with van der Waals surface area (Å²) in [6.07, 6.45) is 42.6. The van der Waals surface area contributed by atoms with Gasteiger partial charge in [-0.25, -0.2) is 4.57 Å². The maximum Gasteiger partial charge on any atom is 0.472 e. The fourth-order valence-corrected chi connectivity index (χ4v) is 5.97. The van der Waals surface area contributed by atoms with Crippen LogP contribution in [0.5, 0.6) is 0 Å². The van der Waals surface area contributed by atoms with Gasteiger partial charge in [0.05, 0.1) is 27.7 Å². The van der Waals surface area contributed by atoms with Crippen molar-refractivity contribution in [1.29, 1.82) is 0 Å². The van der Waals surface area contributed by atoms with Crippen LogP contribution in [-0.4, -0.2) is 74.9 Å². The third kappa shape index (κ3) is 39.4. The lowest BCUT2D eigenvalue weighted by Crippen LogP contribution is -2.37. The Kier molecular flexibility index (Phi) is 34.8. The second kappa shape index (κ2) is 36.4. The third-order valence-corrected chi connectivity index (χ3v) is 9.52. The molecular weight excluding hydrogens is 701 g/mol. The fourth-order valence-electron chi connectivity index (χ4n) is 5.23. The predicted octanol–water partition coefficient (Wildman–Crippen LogP) is 11.7. The van der Waals surface area contributed by atoms with Crippen LogP contribution in [0, 0.1) is 0 Å². The number of carbonyl (C=O) groups excluding carboxylic acids is 2. The molecule has 10 heteroatoms. The van der Waals surface area contributed by atoms with E-state index < -0.39 is 26.5 Å². The Hall–Kier alpha value is -2.29. The highest BCUT2D eigenvalue weighted by molar-refractivity contribution is 7.47. The Bertz CT molecular complexity index is 1110. The molecule has 0 saturated heterocycles. The number of carbonyl (C=O) groups is 2. The summed E-state index contributed by atoms with van der Waals surface area (Å²) in [5.41, 5.74) is 0. The van der Waals surface area contributed by atoms with Crippen molar-refractivity contribution < 1.29 is 42.1 Å². The van der Waals surface area contributed by atoms with Crippen LogP contribution < -0.4 is 0 Å². The zero-order valence-corrected chi connectivity index (χ0v) is 35.8. The van der Waals surface area contributed by atoms with Gasteiger partial charge in [0.25, 0.3) is 0 Å². The maximum atomic E-state index is 12.7. The second-order valence-electron chi connectivity index (χ2n) is 15.0. The maximum absolute atomic E-state index is 12.7. The zero-order valence-electron chi connectivity index (χ0n) is 34.9. The number of phosphoric ester groups is 1. The van der Waals surface area contributed by atoms with Crippen LogP contribution >= 0.6 is 7.82 Å². The highest BCUT2D eigenvalue weighted by atomic mass is 31.2. The summed E-state index contributed by atoms with van der Waals surface area (Å²) >= 11 is 0. The quantitative estimate of drug-likeness (QED) is 0.0218. The topological polar surface area (TPSA) is 108 Å². The first kappa shape index (κ1) is 51.7. The molecule has 0 amide bonds. The van der Waals surface area contributed by atoms with Crippen LogP contribution in [-0.2, 0) is 32.7 Å². The second-order valence-corrected chi connectivity index (χ2v) is 16.4. The van der Waals surface area contributed by atoms with Crippen LogP contribution in [0.3, 0.4) is 0 Å². The van der Waals surface area contributed by atoms with Crippen LogP contribution in [0.25, 0.3) is 0 Å². The van der Waals surface area contributed by atoms with Crippen molar-refractivity contribution in [2.24, 2.45) is 0 Å². The van der Waals surface area contributed by atoms with Crippen molar-refractivity contribution in [3.63, 3.8) is 0 Å². The molecule has 0 saturated carbocycles. The molecule has 0 aromatic heterocycles. The fraction of sp³-hybridized carbons (Fsp3) is 0.727. The Morgan fingerprint density at radius 1 is 0.593 bits per heavy atom. The summed E-state index contributed by atoms with van der Waals surface area (Å²) in [4.78, 5) is 35.3. The van der Waals surface area contributed by atoms with Gasteiger partial charge in [0, 0.05) is 12.8 Å². The van der Waals surface area contributed by atoms with Crippen LogP contribution in [0.1, 0.15) is 155 Å². The Balaban J connectivity index is 4.46. The molecule has 0 aromatic carbocycles.